The lowest BCUT2D eigenvalue weighted by Crippen LogP contribution is -2.42. The van der Waals surface area contributed by atoms with Crippen LogP contribution < -0.4 is 5.32 Å². The summed E-state index contributed by atoms with van der Waals surface area (Å²) >= 11 is 0. The van der Waals surface area contributed by atoms with Crippen LogP contribution in [0.25, 0.3) is 0 Å². The van der Waals surface area contributed by atoms with Crippen molar-refractivity contribution in [3.05, 3.63) is 5.82 Å². The molecular formula is C11H19N5O. The second-order valence-corrected chi connectivity index (χ2v) is 4.83. The molecule has 0 aliphatic heterocycles. The van der Waals surface area contributed by atoms with Crippen LogP contribution in [0.3, 0.4) is 0 Å². The Hall–Kier alpha value is -1.46. The Kier molecular flexibility index (Phi) is 3.71. The van der Waals surface area contributed by atoms with Crippen molar-refractivity contribution < 1.29 is 4.79 Å². The van der Waals surface area contributed by atoms with E-state index in [0.29, 0.717) is 17.8 Å². The summed E-state index contributed by atoms with van der Waals surface area (Å²) in [5.41, 5.74) is 0. The summed E-state index contributed by atoms with van der Waals surface area (Å²) in [5.74, 6) is 1.19. The molecule has 1 amide bonds. The van der Waals surface area contributed by atoms with Gasteiger partial charge in [0.2, 0.25) is 5.91 Å². The normalized spacial score (nSPS) is 24.6. The Labute approximate surface area is 101 Å². The van der Waals surface area contributed by atoms with E-state index < -0.39 is 0 Å². The van der Waals surface area contributed by atoms with E-state index in [1.165, 1.54) is 23.9 Å². The average Bonchev–Trinajstić information content (AvgIpc) is 2.68. The van der Waals surface area contributed by atoms with Crippen LogP contribution in [-0.4, -0.2) is 32.2 Å². The highest BCUT2D eigenvalue weighted by molar-refractivity contribution is 5.78. The van der Waals surface area contributed by atoms with E-state index in [9.17, 15) is 4.79 Å². The molecule has 0 radical (unpaired) electrons. The van der Waals surface area contributed by atoms with Gasteiger partial charge >= 0.3 is 0 Å². The van der Waals surface area contributed by atoms with Gasteiger partial charge in [0.05, 0.1) is 6.42 Å². The molecular weight excluding hydrogens is 218 g/mol. The number of tetrazole rings is 1. The Bertz CT molecular complexity index is 389. The smallest absolute Gasteiger partial charge is 0.227 e. The van der Waals surface area contributed by atoms with Gasteiger partial charge in [-0.05, 0) is 29.2 Å². The number of aryl methyl sites for hydroxylation is 1. The van der Waals surface area contributed by atoms with Crippen molar-refractivity contribution in [1.82, 2.24) is 25.5 Å². The van der Waals surface area contributed by atoms with Gasteiger partial charge in [0.15, 0.2) is 5.82 Å². The van der Waals surface area contributed by atoms with Gasteiger partial charge in [0, 0.05) is 13.1 Å². The van der Waals surface area contributed by atoms with Crippen LogP contribution in [0.5, 0.6) is 0 Å². The molecule has 0 aromatic carbocycles. The van der Waals surface area contributed by atoms with Gasteiger partial charge in [0.1, 0.15) is 0 Å². The van der Waals surface area contributed by atoms with Crippen molar-refractivity contribution in [3.63, 3.8) is 0 Å². The summed E-state index contributed by atoms with van der Waals surface area (Å²) in [4.78, 5) is 11.9. The fourth-order valence-corrected chi connectivity index (χ4v) is 2.33. The fourth-order valence-electron chi connectivity index (χ4n) is 2.33. The Morgan fingerprint density at radius 1 is 1.47 bits per heavy atom. The molecule has 1 aromatic heterocycles. The summed E-state index contributed by atoms with van der Waals surface area (Å²) in [7, 11) is 1.74. The molecule has 1 aliphatic carbocycles. The third-order valence-corrected chi connectivity index (χ3v) is 3.48. The monoisotopic (exact) mass is 237 g/mol. The van der Waals surface area contributed by atoms with Crippen molar-refractivity contribution in [1.29, 1.82) is 0 Å². The molecule has 6 nitrogen and oxygen atoms in total. The van der Waals surface area contributed by atoms with Gasteiger partial charge < -0.3 is 5.32 Å². The van der Waals surface area contributed by atoms with Crippen molar-refractivity contribution in [2.24, 2.45) is 13.0 Å². The molecule has 2 unspecified atom stereocenters. The van der Waals surface area contributed by atoms with Gasteiger partial charge in [0.25, 0.3) is 0 Å². The van der Waals surface area contributed by atoms with Crippen LogP contribution in [0.4, 0.5) is 0 Å². The van der Waals surface area contributed by atoms with E-state index in [0.717, 1.165) is 6.42 Å². The Balaban J connectivity index is 1.86. The number of amides is 1. The van der Waals surface area contributed by atoms with Gasteiger partial charge in [-0.1, -0.05) is 19.8 Å². The predicted molar refractivity (Wildman–Crippen MR) is 62.1 cm³/mol. The van der Waals surface area contributed by atoms with Crippen LogP contribution in [0.1, 0.15) is 38.4 Å². The van der Waals surface area contributed by atoms with E-state index in [2.05, 4.69) is 27.8 Å². The second kappa shape index (κ2) is 5.25. The number of carbonyl (C=O) groups excluding carboxylic acids is 1. The van der Waals surface area contributed by atoms with Gasteiger partial charge in [-0.25, -0.2) is 4.68 Å². The number of carbonyl (C=O) groups is 1. The second-order valence-electron chi connectivity index (χ2n) is 4.83. The highest BCUT2D eigenvalue weighted by Crippen LogP contribution is 2.23. The largest absolute Gasteiger partial charge is 0.353 e. The van der Waals surface area contributed by atoms with Crippen LogP contribution >= 0.6 is 0 Å². The first kappa shape index (κ1) is 12.0. The molecule has 1 aliphatic rings. The highest BCUT2D eigenvalue weighted by Gasteiger charge is 2.23. The third kappa shape index (κ3) is 3.01. The molecule has 1 saturated carbocycles. The summed E-state index contributed by atoms with van der Waals surface area (Å²) in [6, 6.07) is 0.317. The van der Waals surface area contributed by atoms with Crippen LogP contribution in [0.15, 0.2) is 0 Å². The first-order valence-corrected chi connectivity index (χ1v) is 6.17. The maximum absolute atomic E-state index is 11.9. The summed E-state index contributed by atoms with van der Waals surface area (Å²) in [6.45, 7) is 2.20. The lowest BCUT2D eigenvalue weighted by Gasteiger charge is -2.29. The molecule has 17 heavy (non-hydrogen) atoms. The minimum absolute atomic E-state index is 0.0154. The quantitative estimate of drug-likeness (QED) is 0.828. The zero-order chi connectivity index (χ0) is 12.3. The van der Waals surface area contributed by atoms with Crippen molar-refractivity contribution in [2.45, 2.75) is 45.1 Å². The van der Waals surface area contributed by atoms with E-state index >= 15 is 0 Å². The molecule has 2 atom stereocenters. The Morgan fingerprint density at radius 2 is 2.24 bits per heavy atom. The van der Waals surface area contributed by atoms with E-state index in [1.54, 1.807) is 7.05 Å². The number of nitrogens with one attached hydrogen (secondary N) is 1. The van der Waals surface area contributed by atoms with Crippen molar-refractivity contribution >= 4 is 5.91 Å². The highest BCUT2D eigenvalue weighted by atomic mass is 16.1. The number of nitrogens with zero attached hydrogens (tertiary/aromatic N) is 4. The first-order chi connectivity index (χ1) is 8.16. The molecule has 1 N–H and O–H groups in total. The van der Waals surface area contributed by atoms with Gasteiger partial charge in [-0.2, -0.15) is 0 Å². The molecule has 1 heterocycles. The molecule has 0 bridgehead atoms. The SMILES string of the molecule is CC1CCCCC1NC(=O)Cc1nnnn1C. The first-order valence-electron chi connectivity index (χ1n) is 6.17. The standard InChI is InChI=1S/C11H19N5O/c1-8-5-3-4-6-9(8)12-11(17)7-10-13-14-15-16(10)2/h8-9H,3-7H2,1-2H3,(H,12,17). The summed E-state index contributed by atoms with van der Waals surface area (Å²) < 4.78 is 1.53. The zero-order valence-electron chi connectivity index (χ0n) is 10.4. The lowest BCUT2D eigenvalue weighted by atomic mass is 9.86. The third-order valence-electron chi connectivity index (χ3n) is 3.48. The number of rotatable bonds is 3. The summed E-state index contributed by atoms with van der Waals surface area (Å²) in [5, 5.41) is 14.1. The number of aromatic nitrogens is 4. The lowest BCUT2D eigenvalue weighted by molar-refractivity contribution is -0.121. The topological polar surface area (TPSA) is 72.7 Å². The van der Waals surface area contributed by atoms with Crippen molar-refractivity contribution in [2.75, 3.05) is 0 Å². The van der Waals surface area contributed by atoms with E-state index in [1.807, 2.05) is 0 Å². The molecule has 0 saturated heterocycles. The van der Waals surface area contributed by atoms with Crippen LogP contribution in [0.2, 0.25) is 0 Å². The molecule has 0 spiro atoms. The zero-order valence-corrected chi connectivity index (χ0v) is 10.4. The maximum Gasteiger partial charge on any atom is 0.227 e. The van der Waals surface area contributed by atoms with Crippen molar-refractivity contribution in [3.8, 4) is 0 Å². The number of hydrogen-bond donors (Lipinski definition) is 1. The fraction of sp³-hybridized carbons (Fsp3) is 0.818. The molecule has 6 heteroatoms. The molecule has 1 fully saturated rings. The predicted octanol–water partition coefficient (Wildman–Crippen LogP) is 0.447. The molecule has 2 rings (SSSR count). The van der Waals surface area contributed by atoms with E-state index in [4.69, 9.17) is 0 Å². The molecule has 1 aromatic rings. The van der Waals surface area contributed by atoms with Crippen LogP contribution in [0, 0.1) is 5.92 Å². The average molecular weight is 237 g/mol. The summed E-state index contributed by atoms with van der Waals surface area (Å²) in [6.07, 6.45) is 5.04. The van der Waals surface area contributed by atoms with Gasteiger partial charge in [-0.15, -0.1) is 5.10 Å². The number of hydrogen-bond acceptors (Lipinski definition) is 4. The minimum Gasteiger partial charge on any atom is -0.353 e. The minimum atomic E-state index is 0.0154. The molecule has 94 valence electrons. The maximum atomic E-state index is 11.9. The van der Waals surface area contributed by atoms with E-state index in [-0.39, 0.29) is 12.3 Å². The Morgan fingerprint density at radius 3 is 2.88 bits per heavy atom. The van der Waals surface area contributed by atoms with Gasteiger partial charge in [-0.3, -0.25) is 4.79 Å². The van der Waals surface area contributed by atoms with Crippen LogP contribution in [-0.2, 0) is 18.3 Å².